The molecule has 0 radical (unpaired) electrons. The molecule has 5 nitrogen and oxygen atoms in total. The van der Waals surface area contributed by atoms with Gasteiger partial charge in [-0.15, -0.1) is 0 Å². The summed E-state index contributed by atoms with van der Waals surface area (Å²) < 4.78 is 10.7. The highest BCUT2D eigenvalue weighted by Crippen LogP contribution is 2.29. The van der Waals surface area contributed by atoms with Gasteiger partial charge in [-0.2, -0.15) is 0 Å². The monoisotopic (exact) mass is 434 g/mol. The minimum Gasteiger partial charge on any atom is -0.496 e. The maximum atomic E-state index is 12.5. The van der Waals surface area contributed by atoms with Crippen LogP contribution in [0.5, 0.6) is 5.75 Å². The summed E-state index contributed by atoms with van der Waals surface area (Å²) >= 11 is 6.35. The molecule has 1 amide bonds. The molecule has 0 saturated heterocycles. The van der Waals surface area contributed by atoms with Crippen LogP contribution in [0, 0.1) is 17.8 Å². The van der Waals surface area contributed by atoms with Gasteiger partial charge in [-0.25, -0.2) is 0 Å². The summed E-state index contributed by atoms with van der Waals surface area (Å²) in [6.45, 7) is 0.210. The maximum absolute atomic E-state index is 12.5. The van der Waals surface area contributed by atoms with Crippen molar-refractivity contribution in [3.05, 3.63) is 70.4 Å². The number of nitrogens with one attached hydrogen (secondary N) is 1. The van der Waals surface area contributed by atoms with Crippen LogP contribution in [0.1, 0.15) is 47.4 Å². The number of rotatable bonds is 5. The molecule has 1 saturated carbocycles. The number of hydrogen-bond acceptors (Lipinski definition) is 4. The van der Waals surface area contributed by atoms with Gasteiger partial charge in [-0.1, -0.05) is 53.6 Å². The molecule has 0 unspecified atom stereocenters. The minimum absolute atomic E-state index is 0.210. The lowest BCUT2D eigenvalue weighted by atomic mass is 10.1. The lowest BCUT2D eigenvalue weighted by Crippen LogP contribution is -2.22. The minimum atomic E-state index is -0.243. The summed E-state index contributed by atoms with van der Waals surface area (Å²) in [6.07, 6.45) is 4.81. The molecule has 158 valence electrons. The molecule has 3 aromatic rings. The highest BCUT2D eigenvalue weighted by Gasteiger charge is 2.14. The Morgan fingerprint density at radius 3 is 2.81 bits per heavy atom. The molecule has 1 N–H and O–H groups in total. The topological polar surface area (TPSA) is 64.4 Å². The number of halogens is 1. The first-order valence-electron chi connectivity index (χ1n) is 10.3. The average molecular weight is 435 g/mol. The number of carbonyl (C=O) groups excluding carboxylic acids is 1. The second-order valence-electron chi connectivity index (χ2n) is 7.51. The fourth-order valence-electron chi connectivity index (χ4n) is 3.66. The van der Waals surface area contributed by atoms with Crippen LogP contribution in [-0.2, 0) is 6.54 Å². The van der Waals surface area contributed by atoms with Gasteiger partial charge in [0.25, 0.3) is 5.91 Å². The molecule has 0 atom stereocenters. The van der Waals surface area contributed by atoms with E-state index in [0.717, 1.165) is 24.0 Å². The second kappa shape index (κ2) is 9.72. The molecule has 31 heavy (non-hydrogen) atoms. The zero-order valence-corrected chi connectivity index (χ0v) is 18.0. The van der Waals surface area contributed by atoms with Gasteiger partial charge in [0.15, 0.2) is 5.76 Å². The zero-order chi connectivity index (χ0) is 21.6. The average Bonchev–Trinajstić information content (AvgIpc) is 3.48. The standard InChI is InChI=1S/C25H23ClN2O3/c1-30-24-9-5-4-8-21(24)23-15-20(31-28-23)16-27-25(29)19-13-12-18(22(26)14-19)11-10-17-6-2-3-7-17/h4-5,8-9,12-15,17H,2-3,6-7,16H2,1H3,(H,27,29). The fourth-order valence-corrected chi connectivity index (χ4v) is 3.88. The van der Waals surface area contributed by atoms with Crippen LogP contribution >= 0.6 is 11.6 Å². The maximum Gasteiger partial charge on any atom is 0.251 e. The summed E-state index contributed by atoms with van der Waals surface area (Å²) in [5.74, 6) is 7.92. The van der Waals surface area contributed by atoms with Crippen molar-refractivity contribution in [1.82, 2.24) is 10.5 Å². The Hall–Kier alpha value is -3.23. The SMILES string of the molecule is COc1ccccc1-c1cc(CNC(=O)c2ccc(C#CC3CCCC3)c(Cl)c2)on1. The van der Waals surface area contributed by atoms with Gasteiger partial charge in [0.2, 0.25) is 0 Å². The third kappa shape index (κ3) is 5.10. The number of aromatic nitrogens is 1. The van der Waals surface area contributed by atoms with Crippen LogP contribution in [0.4, 0.5) is 0 Å². The summed E-state index contributed by atoms with van der Waals surface area (Å²) in [5.41, 5.74) is 2.70. The number of benzene rings is 2. The van der Waals surface area contributed by atoms with Gasteiger partial charge >= 0.3 is 0 Å². The Morgan fingerprint density at radius 1 is 1.23 bits per heavy atom. The Kier molecular flexibility index (Phi) is 6.59. The van der Waals surface area contributed by atoms with Crippen molar-refractivity contribution in [1.29, 1.82) is 0 Å². The van der Waals surface area contributed by atoms with Gasteiger partial charge in [0, 0.05) is 28.7 Å². The van der Waals surface area contributed by atoms with E-state index in [1.165, 1.54) is 12.8 Å². The molecule has 2 aromatic carbocycles. The van der Waals surface area contributed by atoms with Crippen LogP contribution in [0.25, 0.3) is 11.3 Å². The van der Waals surface area contributed by atoms with Crippen LogP contribution in [0.2, 0.25) is 5.02 Å². The number of carbonyl (C=O) groups is 1. The molecule has 0 bridgehead atoms. The van der Waals surface area contributed by atoms with Gasteiger partial charge in [0.1, 0.15) is 11.4 Å². The molecule has 1 aromatic heterocycles. The van der Waals surface area contributed by atoms with Crippen molar-refractivity contribution in [2.45, 2.75) is 32.2 Å². The Balaban J connectivity index is 1.39. The van der Waals surface area contributed by atoms with Crippen molar-refractivity contribution >= 4 is 17.5 Å². The smallest absolute Gasteiger partial charge is 0.251 e. The summed E-state index contributed by atoms with van der Waals surface area (Å²) in [4.78, 5) is 12.5. The van der Waals surface area contributed by atoms with Gasteiger partial charge in [0.05, 0.1) is 18.7 Å². The van der Waals surface area contributed by atoms with E-state index in [1.807, 2.05) is 24.3 Å². The van der Waals surface area contributed by atoms with Crippen LogP contribution < -0.4 is 10.1 Å². The summed E-state index contributed by atoms with van der Waals surface area (Å²) in [6, 6.07) is 14.5. The van der Waals surface area contributed by atoms with E-state index in [2.05, 4.69) is 22.3 Å². The molecule has 1 heterocycles. The number of nitrogens with zero attached hydrogens (tertiary/aromatic N) is 1. The fraction of sp³-hybridized carbons (Fsp3) is 0.280. The first-order valence-corrected chi connectivity index (χ1v) is 10.7. The highest BCUT2D eigenvalue weighted by molar-refractivity contribution is 6.32. The van der Waals surface area contributed by atoms with Crippen molar-refractivity contribution in [2.75, 3.05) is 7.11 Å². The Bertz CT molecular complexity index is 1140. The summed E-state index contributed by atoms with van der Waals surface area (Å²) in [5, 5.41) is 7.40. The van der Waals surface area contributed by atoms with Crippen LogP contribution in [-0.4, -0.2) is 18.2 Å². The van der Waals surface area contributed by atoms with Crippen molar-refractivity contribution in [2.24, 2.45) is 5.92 Å². The van der Waals surface area contributed by atoms with E-state index in [0.29, 0.717) is 33.7 Å². The third-order valence-corrected chi connectivity index (χ3v) is 5.68. The number of hydrogen-bond donors (Lipinski definition) is 1. The van der Waals surface area contributed by atoms with Gasteiger partial charge in [-0.05, 0) is 43.2 Å². The molecule has 0 aliphatic heterocycles. The predicted molar refractivity (Wildman–Crippen MR) is 120 cm³/mol. The van der Waals surface area contributed by atoms with E-state index in [9.17, 15) is 4.79 Å². The zero-order valence-electron chi connectivity index (χ0n) is 17.3. The highest BCUT2D eigenvalue weighted by atomic mass is 35.5. The number of amides is 1. The van der Waals surface area contributed by atoms with E-state index >= 15 is 0 Å². The third-order valence-electron chi connectivity index (χ3n) is 5.36. The normalized spacial score (nSPS) is 13.5. The molecule has 1 fully saturated rings. The van der Waals surface area contributed by atoms with Crippen molar-refractivity contribution in [3.63, 3.8) is 0 Å². The van der Waals surface area contributed by atoms with E-state index < -0.39 is 0 Å². The van der Waals surface area contributed by atoms with E-state index in [1.54, 1.807) is 31.4 Å². The van der Waals surface area contributed by atoms with Crippen molar-refractivity contribution < 1.29 is 14.1 Å². The lowest BCUT2D eigenvalue weighted by Gasteiger charge is -2.05. The quantitative estimate of drug-likeness (QED) is 0.540. The van der Waals surface area contributed by atoms with Crippen LogP contribution in [0.15, 0.2) is 53.1 Å². The molecule has 1 aliphatic rings. The van der Waals surface area contributed by atoms with Crippen LogP contribution in [0.3, 0.4) is 0 Å². The second-order valence-corrected chi connectivity index (χ2v) is 7.91. The van der Waals surface area contributed by atoms with Crippen molar-refractivity contribution in [3.8, 4) is 28.8 Å². The number of methoxy groups -OCH3 is 1. The molecule has 6 heteroatoms. The van der Waals surface area contributed by atoms with Gasteiger partial charge < -0.3 is 14.6 Å². The van der Waals surface area contributed by atoms with Gasteiger partial charge in [-0.3, -0.25) is 4.79 Å². The summed E-state index contributed by atoms with van der Waals surface area (Å²) in [7, 11) is 1.61. The molecular weight excluding hydrogens is 412 g/mol. The first-order chi connectivity index (χ1) is 15.1. The lowest BCUT2D eigenvalue weighted by molar-refractivity contribution is 0.0947. The van der Waals surface area contributed by atoms with E-state index in [4.69, 9.17) is 20.9 Å². The van der Waals surface area contributed by atoms with E-state index in [-0.39, 0.29) is 12.5 Å². The first kappa shape index (κ1) is 21.0. The number of ether oxygens (including phenoxy) is 1. The Labute approximate surface area is 186 Å². The molecule has 1 aliphatic carbocycles. The predicted octanol–water partition coefficient (Wildman–Crippen LogP) is 5.48. The molecule has 0 spiro atoms. The number of para-hydroxylation sites is 1. The molecular formula is C25H23ClN2O3. The molecule has 4 rings (SSSR count). The Morgan fingerprint density at radius 2 is 2.03 bits per heavy atom. The largest absolute Gasteiger partial charge is 0.496 e.